The first-order valence-corrected chi connectivity index (χ1v) is 9.36. The standard InChI is InChI=1S/C22H26N2O4/c1-14(2)15-6-5-7-17(10-15)24-13-16(11-21(24)25)22(26)23-19-12-18(27-3)8-9-20(19)28-4/h5-10,12,14,16H,11,13H2,1-4H3,(H,23,26)/t16-/m1/s1. The van der Waals surface area contributed by atoms with Gasteiger partial charge in [0.15, 0.2) is 0 Å². The number of hydrogen-bond donors (Lipinski definition) is 1. The van der Waals surface area contributed by atoms with Crippen LogP contribution in [0.1, 0.15) is 31.7 Å². The van der Waals surface area contributed by atoms with Crippen LogP contribution in [0.15, 0.2) is 42.5 Å². The second-order valence-electron chi connectivity index (χ2n) is 7.21. The number of methoxy groups -OCH3 is 2. The van der Waals surface area contributed by atoms with Crippen molar-refractivity contribution in [1.29, 1.82) is 0 Å². The molecule has 28 heavy (non-hydrogen) atoms. The van der Waals surface area contributed by atoms with E-state index in [9.17, 15) is 9.59 Å². The maximum Gasteiger partial charge on any atom is 0.229 e. The quantitative estimate of drug-likeness (QED) is 0.825. The number of anilines is 2. The van der Waals surface area contributed by atoms with Gasteiger partial charge in [-0.15, -0.1) is 0 Å². The average molecular weight is 382 g/mol. The van der Waals surface area contributed by atoms with Crippen LogP contribution >= 0.6 is 0 Å². The summed E-state index contributed by atoms with van der Waals surface area (Å²) in [6.07, 6.45) is 0.185. The molecule has 1 heterocycles. The predicted octanol–water partition coefficient (Wildman–Crippen LogP) is 3.82. The average Bonchev–Trinajstić information content (AvgIpc) is 3.09. The predicted molar refractivity (Wildman–Crippen MR) is 109 cm³/mol. The Kier molecular flexibility index (Phi) is 5.87. The van der Waals surface area contributed by atoms with Gasteiger partial charge >= 0.3 is 0 Å². The Bertz CT molecular complexity index is 879. The second kappa shape index (κ2) is 8.33. The van der Waals surface area contributed by atoms with Gasteiger partial charge in [0.25, 0.3) is 0 Å². The Labute approximate surface area is 165 Å². The van der Waals surface area contributed by atoms with Gasteiger partial charge in [-0.05, 0) is 35.7 Å². The SMILES string of the molecule is COc1ccc(OC)c(NC(=O)[C@@H]2CC(=O)N(c3cccc(C(C)C)c3)C2)c1. The van der Waals surface area contributed by atoms with Crippen molar-refractivity contribution in [2.75, 3.05) is 31.0 Å². The van der Waals surface area contributed by atoms with Crippen LogP contribution in [0.4, 0.5) is 11.4 Å². The lowest BCUT2D eigenvalue weighted by Gasteiger charge is -2.19. The molecular weight excluding hydrogens is 356 g/mol. The van der Waals surface area contributed by atoms with E-state index in [1.165, 1.54) is 5.56 Å². The van der Waals surface area contributed by atoms with Crippen LogP contribution in [0.25, 0.3) is 0 Å². The van der Waals surface area contributed by atoms with Crippen molar-refractivity contribution in [3.8, 4) is 11.5 Å². The Balaban J connectivity index is 1.75. The highest BCUT2D eigenvalue weighted by Gasteiger charge is 2.35. The summed E-state index contributed by atoms with van der Waals surface area (Å²) >= 11 is 0. The number of hydrogen-bond acceptors (Lipinski definition) is 4. The molecule has 6 heteroatoms. The lowest BCUT2D eigenvalue weighted by molar-refractivity contribution is -0.122. The minimum absolute atomic E-state index is 0.0429. The third kappa shape index (κ3) is 4.11. The fourth-order valence-electron chi connectivity index (χ4n) is 3.33. The van der Waals surface area contributed by atoms with Gasteiger partial charge in [-0.2, -0.15) is 0 Å². The smallest absolute Gasteiger partial charge is 0.229 e. The van der Waals surface area contributed by atoms with Crippen LogP contribution in [0.3, 0.4) is 0 Å². The fraction of sp³-hybridized carbons (Fsp3) is 0.364. The number of benzene rings is 2. The molecule has 6 nitrogen and oxygen atoms in total. The van der Waals surface area contributed by atoms with Crippen molar-refractivity contribution in [2.45, 2.75) is 26.2 Å². The van der Waals surface area contributed by atoms with Crippen molar-refractivity contribution in [3.05, 3.63) is 48.0 Å². The molecule has 1 N–H and O–H groups in total. The second-order valence-corrected chi connectivity index (χ2v) is 7.21. The van der Waals surface area contributed by atoms with Crippen LogP contribution in [-0.4, -0.2) is 32.6 Å². The molecule has 0 radical (unpaired) electrons. The highest BCUT2D eigenvalue weighted by atomic mass is 16.5. The van der Waals surface area contributed by atoms with Gasteiger partial charge in [0.05, 0.1) is 25.8 Å². The van der Waals surface area contributed by atoms with E-state index in [0.29, 0.717) is 29.6 Å². The Morgan fingerprint density at radius 3 is 2.61 bits per heavy atom. The number of amides is 2. The molecule has 3 rings (SSSR count). The third-order valence-corrected chi connectivity index (χ3v) is 5.01. The first-order chi connectivity index (χ1) is 13.4. The van der Waals surface area contributed by atoms with Gasteiger partial charge in [-0.1, -0.05) is 26.0 Å². The normalized spacial score (nSPS) is 16.4. The van der Waals surface area contributed by atoms with Crippen LogP contribution in [0.2, 0.25) is 0 Å². The molecule has 1 fully saturated rings. The Morgan fingerprint density at radius 2 is 1.93 bits per heavy atom. The lowest BCUT2D eigenvalue weighted by Crippen LogP contribution is -2.28. The van der Waals surface area contributed by atoms with E-state index in [1.54, 1.807) is 37.3 Å². The van der Waals surface area contributed by atoms with Crippen molar-refractivity contribution in [1.82, 2.24) is 0 Å². The van der Waals surface area contributed by atoms with E-state index >= 15 is 0 Å². The maximum atomic E-state index is 12.8. The zero-order valence-corrected chi connectivity index (χ0v) is 16.7. The Hall–Kier alpha value is -3.02. The van der Waals surface area contributed by atoms with Crippen LogP contribution in [0.5, 0.6) is 11.5 Å². The van der Waals surface area contributed by atoms with Crippen LogP contribution < -0.4 is 19.7 Å². The van der Waals surface area contributed by atoms with Crippen molar-refractivity contribution >= 4 is 23.2 Å². The van der Waals surface area contributed by atoms with E-state index < -0.39 is 5.92 Å². The summed E-state index contributed by atoms with van der Waals surface area (Å²) in [6.45, 7) is 4.59. The molecule has 1 aliphatic rings. The molecule has 0 saturated carbocycles. The topological polar surface area (TPSA) is 67.9 Å². The number of nitrogens with one attached hydrogen (secondary N) is 1. The number of rotatable bonds is 6. The van der Waals surface area contributed by atoms with Crippen LogP contribution in [0, 0.1) is 5.92 Å². The number of nitrogens with zero attached hydrogens (tertiary/aromatic N) is 1. The molecule has 1 saturated heterocycles. The highest BCUT2D eigenvalue weighted by Crippen LogP contribution is 2.32. The first kappa shape index (κ1) is 19.7. The van der Waals surface area contributed by atoms with E-state index in [2.05, 4.69) is 19.2 Å². The maximum absolute atomic E-state index is 12.8. The van der Waals surface area contributed by atoms with Crippen molar-refractivity contribution < 1.29 is 19.1 Å². The summed E-state index contributed by atoms with van der Waals surface area (Å²) in [5.41, 5.74) is 2.53. The molecule has 0 unspecified atom stereocenters. The number of carbonyl (C=O) groups is 2. The fourth-order valence-corrected chi connectivity index (χ4v) is 3.33. The van der Waals surface area contributed by atoms with Gasteiger partial charge in [0.2, 0.25) is 11.8 Å². The number of carbonyl (C=O) groups excluding carboxylic acids is 2. The molecule has 1 atom stereocenters. The molecule has 0 aromatic heterocycles. The van der Waals surface area contributed by atoms with E-state index in [1.807, 2.05) is 24.3 Å². The molecular formula is C22H26N2O4. The summed E-state index contributed by atoms with van der Waals surface area (Å²) in [6, 6.07) is 13.1. The van der Waals surface area contributed by atoms with Gasteiger partial charge < -0.3 is 19.7 Å². The zero-order chi connectivity index (χ0) is 20.3. The Morgan fingerprint density at radius 1 is 1.14 bits per heavy atom. The summed E-state index contributed by atoms with van der Waals surface area (Å²) < 4.78 is 10.5. The molecule has 148 valence electrons. The summed E-state index contributed by atoms with van der Waals surface area (Å²) in [7, 11) is 3.10. The van der Waals surface area contributed by atoms with E-state index in [-0.39, 0.29) is 18.2 Å². The summed E-state index contributed by atoms with van der Waals surface area (Å²) in [5, 5.41) is 2.88. The van der Waals surface area contributed by atoms with Gasteiger partial charge in [-0.25, -0.2) is 0 Å². The van der Waals surface area contributed by atoms with Crippen molar-refractivity contribution in [2.24, 2.45) is 5.92 Å². The van der Waals surface area contributed by atoms with Gasteiger partial charge in [-0.3, -0.25) is 9.59 Å². The summed E-state index contributed by atoms with van der Waals surface area (Å²) in [5.74, 6) is 0.857. The minimum Gasteiger partial charge on any atom is -0.497 e. The molecule has 0 spiro atoms. The number of ether oxygens (including phenoxy) is 2. The monoisotopic (exact) mass is 382 g/mol. The van der Waals surface area contributed by atoms with Crippen molar-refractivity contribution in [3.63, 3.8) is 0 Å². The third-order valence-electron chi connectivity index (χ3n) is 5.01. The van der Waals surface area contributed by atoms with E-state index in [0.717, 1.165) is 5.69 Å². The molecule has 1 aliphatic heterocycles. The molecule has 2 aromatic carbocycles. The minimum atomic E-state index is -0.425. The molecule has 0 bridgehead atoms. The molecule has 0 aliphatic carbocycles. The summed E-state index contributed by atoms with van der Waals surface area (Å²) in [4.78, 5) is 27.0. The first-order valence-electron chi connectivity index (χ1n) is 9.36. The lowest BCUT2D eigenvalue weighted by atomic mass is 10.0. The van der Waals surface area contributed by atoms with Gasteiger partial charge in [0, 0.05) is 24.7 Å². The molecule has 2 amide bonds. The zero-order valence-electron chi connectivity index (χ0n) is 16.7. The largest absolute Gasteiger partial charge is 0.497 e. The van der Waals surface area contributed by atoms with Gasteiger partial charge in [0.1, 0.15) is 11.5 Å². The molecule has 2 aromatic rings. The highest BCUT2D eigenvalue weighted by molar-refractivity contribution is 6.04. The van der Waals surface area contributed by atoms with Crippen LogP contribution in [-0.2, 0) is 9.59 Å². The van der Waals surface area contributed by atoms with E-state index in [4.69, 9.17) is 9.47 Å².